The van der Waals surface area contributed by atoms with Crippen LogP contribution < -0.4 is 14.5 Å². The minimum absolute atomic E-state index is 0.219. The summed E-state index contributed by atoms with van der Waals surface area (Å²) in [4.78, 5) is 4.42. The van der Waals surface area contributed by atoms with Crippen LogP contribution in [0, 0.1) is 6.92 Å². The summed E-state index contributed by atoms with van der Waals surface area (Å²) in [6.45, 7) is 9.70. The number of rotatable bonds is 7. The molecule has 1 fully saturated rings. The summed E-state index contributed by atoms with van der Waals surface area (Å²) in [6.07, 6.45) is 0. The third-order valence-electron chi connectivity index (χ3n) is 5.22. The van der Waals surface area contributed by atoms with Crippen LogP contribution in [0.25, 0.3) is 0 Å². The van der Waals surface area contributed by atoms with Crippen molar-refractivity contribution in [3.8, 4) is 5.75 Å². The van der Waals surface area contributed by atoms with Crippen molar-refractivity contribution in [2.45, 2.75) is 25.7 Å². The summed E-state index contributed by atoms with van der Waals surface area (Å²) < 4.78 is 33.1. The smallest absolute Gasteiger partial charge is 0.246 e. The van der Waals surface area contributed by atoms with E-state index < -0.39 is 10.0 Å². The highest BCUT2D eigenvalue weighted by atomic mass is 32.2. The van der Waals surface area contributed by atoms with Crippen LogP contribution in [0.3, 0.4) is 0 Å². The van der Waals surface area contributed by atoms with Gasteiger partial charge in [-0.15, -0.1) is 10.2 Å². The molecule has 9 heteroatoms. The molecule has 3 rings (SSSR count). The van der Waals surface area contributed by atoms with Crippen LogP contribution in [0.5, 0.6) is 5.75 Å². The number of aryl methyl sites for hydroxylation is 1. The van der Waals surface area contributed by atoms with E-state index in [2.05, 4.69) is 33.8 Å². The summed E-state index contributed by atoms with van der Waals surface area (Å²) in [7, 11) is -2.13. The van der Waals surface area contributed by atoms with Gasteiger partial charge in [-0.2, -0.15) is 4.31 Å². The number of benzene rings is 1. The number of nitrogens with zero attached hydrogens (tertiary/aromatic N) is 5. The molecular formula is C20H29N5O3S. The molecule has 29 heavy (non-hydrogen) atoms. The average Bonchev–Trinajstić information content (AvgIpc) is 2.75. The third-order valence-corrected chi connectivity index (χ3v) is 7.14. The SMILES string of the molecule is CCN(CC)c1ccc(N2CCN(S(=O)(=O)c3cc(C)ccc3OC)CC2)nn1. The standard InChI is InChI=1S/C20H29N5O3S/c1-5-23(6-2)19-9-10-20(22-21-19)24-11-13-25(14-12-24)29(26,27)18-15-16(3)7-8-17(18)28-4/h7-10,15H,5-6,11-14H2,1-4H3. The van der Waals surface area contributed by atoms with Gasteiger partial charge >= 0.3 is 0 Å². The van der Waals surface area contributed by atoms with Crippen LogP contribution in [-0.4, -0.2) is 69.3 Å². The molecule has 2 aromatic rings. The highest BCUT2D eigenvalue weighted by molar-refractivity contribution is 7.89. The third kappa shape index (κ3) is 4.45. The lowest BCUT2D eigenvalue weighted by molar-refractivity contribution is 0.373. The first-order valence-corrected chi connectivity index (χ1v) is 11.3. The maximum absolute atomic E-state index is 13.1. The second kappa shape index (κ2) is 8.96. The highest BCUT2D eigenvalue weighted by Crippen LogP contribution is 2.29. The Bertz CT molecular complexity index is 922. The molecule has 0 unspecified atom stereocenters. The van der Waals surface area contributed by atoms with Crippen molar-refractivity contribution in [1.29, 1.82) is 0 Å². The van der Waals surface area contributed by atoms with E-state index in [4.69, 9.17) is 4.74 Å². The van der Waals surface area contributed by atoms with Crippen LogP contribution in [-0.2, 0) is 10.0 Å². The van der Waals surface area contributed by atoms with Gasteiger partial charge < -0.3 is 14.5 Å². The molecule has 0 aliphatic carbocycles. The van der Waals surface area contributed by atoms with Gasteiger partial charge in [-0.1, -0.05) is 6.07 Å². The van der Waals surface area contributed by atoms with Crippen LogP contribution in [0.1, 0.15) is 19.4 Å². The molecule has 0 atom stereocenters. The Morgan fingerprint density at radius 1 is 1.03 bits per heavy atom. The first kappa shape index (κ1) is 21.3. The number of sulfonamides is 1. The summed E-state index contributed by atoms with van der Waals surface area (Å²) in [5.41, 5.74) is 0.881. The van der Waals surface area contributed by atoms with Gasteiger partial charge in [-0.3, -0.25) is 0 Å². The zero-order chi connectivity index (χ0) is 21.0. The molecule has 8 nitrogen and oxygen atoms in total. The Hall–Kier alpha value is -2.39. The first-order valence-electron chi connectivity index (χ1n) is 9.89. The number of methoxy groups -OCH3 is 1. The molecule has 0 radical (unpaired) electrons. The molecule has 1 aliphatic heterocycles. The van der Waals surface area contributed by atoms with E-state index in [-0.39, 0.29) is 4.90 Å². The fourth-order valence-corrected chi connectivity index (χ4v) is 5.15. The van der Waals surface area contributed by atoms with E-state index in [1.165, 1.54) is 11.4 Å². The van der Waals surface area contributed by atoms with Gasteiger partial charge in [-0.25, -0.2) is 8.42 Å². The van der Waals surface area contributed by atoms with Crippen LogP contribution in [0.15, 0.2) is 35.2 Å². The van der Waals surface area contributed by atoms with Crippen molar-refractivity contribution in [3.63, 3.8) is 0 Å². The van der Waals surface area contributed by atoms with Crippen molar-refractivity contribution >= 4 is 21.7 Å². The molecule has 158 valence electrons. The monoisotopic (exact) mass is 419 g/mol. The minimum atomic E-state index is -3.62. The van der Waals surface area contributed by atoms with Gasteiger partial charge in [0.25, 0.3) is 0 Å². The average molecular weight is 420 g/mol. The van der Waals surface area contributed by atoms with E-state index in [9.17, 15) is 8.42 Å². The lowest BCUT2D eigenvalue weighted by atomic mass is 10.2. The van der Waals surface area contributed by atoms with Gasteiger partial charge in [0, 0.05) is 39.3 Å². The molecule has 0 spiro atoms. The Labute approximate surface area is 173 Å². The Morgan fingerprint density at radius 2 is 1.72 bits per heavy atom. The predicted octanol–water partition coefficient (Wildman–Crippen LogP) is 2.15. The number of anilines is 2. The highest BCUT2D eigenvalue weighted by Gasteiger charge is 2.31. The summed E-state index contributed by atoms with van der Waals surface area (Å²) in [5, 5.41) is 8.68. The largest absolute Gasteiger partial charge is 0.495 e. The predicted molar refractivity (Wildman–Crippen MR) is 114 cm³/mol. The molecule has 0 N–H and O–H groups in total. The van der Waals surface area contributed by atoms with Gasteiger partial charge in [-0.05, 0) is 50.6 Å². The fourth-order valence-electron chi connectivity index (χ4n) is 3.49. The molecule has 1 aliphatic rings. The Kier molecular flexibility index (Phi) is 6.59. The maximum atomic E-state index is 13.1. The quantitative estimate of drug-likeness (QED) is 0.680. The van der Waals surface area contributed by atoms with Gasteiger partial charge in [0.1, 0.15) is 10.6 Å². The Morgan fingerprint density at radius 3 is 2.28 bits per heavy atom. The fraction of sp³-hybridized carbons (Fsp3) is 0.500. The zero-order valence-electron chi connectivity index (χ0n) is 17.5. The molecule has 2 heterocycles. The van der Waals surface area contributed by atoms with E-state index in [0.29, 0.717) is 31.9 Å². The number of aromatic nitrogens is 2. The van der Waals surface area contributed by atoms with Crippen LogP contribution in [0.2, 0.25) is 0 Å². The van der Waals surface area contributed by atoms with Gasteiger partial charge in [0.05, 0.1) is 7.11 Å². The second-order valence-electron chi connectivity index (χ2n) is 6.97. The summed E-state index contributed by atoms with van der Waals surface area (Å²) in [5.74, 6) is 1.99. The number of hydrogen-bond donors (Lipinski definition) is 0. The Balaban J connectivity index is 1.71. The van der Waals surface area contributed by atoms with Crippen molar-refractivity contribution in [2.75, 3.05) is 56.2 Å². The van der Waals surface area contributed by atoms with E-state index in [1.54, 1.807) is 12.1 Å². The molecule has 1 aromatic carbocycles. The summed E-state index contributed by atoms with van der Waals surface area (Å²) in [6, 6.07) is 9.13. The minimum Gasteiger partial charge on any atom is -0.495 e. The number of ether oxygens (including phenoxy) is 1. The lowest BCUT2D eigenvalue weighted by Gasteiger charge is -2.34. The molecule has 0 bridgehead atoms. The van der Waals surface area contributed by atoms with Gasteiger partial charge in [0.15, 0.2) is 11.6 Å². The molecule has 1 aromatic heterocycles. The lowest BCUT2D eigenvalue weighted by Crippen LogP contribution is -2.49. The first-order chi connectivity index (χ1) is 13.9. The second-order valence-corrected chi connectivity index (χ2v) is 8.87. The molecular weight excluding hydrogens is 390 g/mol. The topological polar surface area (TPSA) is 78.9 Å². The van der Waals surface area contributed by atoms with E-state index >= 15 is 0 Å². The summed E-state index contributed by atoms with van der Waals surface area (Å²) >= 11 is 0. The van der Waals surface area contributed by atoms with Crippen molar-refractivity contribution in [3.05, 3.63) is 35.9 Å². The van der Waals surface area contributed by atoms with Crippen molar-refractivity contribution in [2.24, 2.45) is 0 Å². The van der Waals surface area contributed by atoms with Crippen LogP contribution >= 0.6 is 0 Å². The van der Waals surface area contributed by atoms with Crippen molar-refractivity contribution < 1.29 is 13.2 Å². The van der Waals surface area contributed by atoms with E-state index in [1.807, 2.05) is 25.1 Å². The normalized spacial score (nSPS) is 15.4. The van der Waals surface area contributed by atoms with Gasteiger partial charge in [0.2, 0.25) is 10.0 Å². The van der Waals surface area contributed by atoms with E-state index in [0.717, 1.165) is 30.3 Å². The number of piperazine rings is 1. The molecule has 0 saturated carbocycles. The maximum Gasteiger partial charge on any atom is 0.246 e. The number of hydrogen-bond acceptors (Lipinski definition) is 7. The molecule has 1 saturated heterocycles. The molecule has 0 amide bonds. The van der Waals surface area contributed by atoms with Crippen LogP contribution in [0.4, 0.5) is 11.6 Å². The zero-order valence-corrected chi connectivity index (χ0v) is 18.3. The van der Waals surface area contributed by atoms with Crippen molar-refractivity contribution in [1.82, 2.24) is 14.5 Å².